The molecule has 1 heterocycles. The van der Waals surface area contributed by atoms with Crippen LogP contribution in [0.5, 0.6) is 5.75 Å². The highest BCUT2D eigenvalue weighted by molar-refractivity contribution is 5.42. The van der Waals surface area contributed by atoms with Gasteiger partial charge in [-0.25, -0.2) is 9.67 Å². The van der Waals surface area contributed by atoms with Gasteiger partial charge in [0, 0.05) is 0 Å². The number of likely N-dealkylation sites (N-methyl/N-ethyl adjacent to an activating group) is 1. The summed E-state index contributed by atoms with van der Waals surface area (Å²) < 4.78 is 7.27. The van der Waals surface area contributed by atoms with Crippen LogP contribution in [0.4, 0.5) is 0 Å². The number of benzene rings is 1. The van der Waals surface area contributed by atoms with E-state index in [2.05, 4.69) is 34.5 Å². The highest BCUT2D eigenvalue weighted by Gasteiger charge is 2.33. The fourth-order valence-electron chi connectivity index (χ4n) is 2.83. The van der Waals surface area contributed by atoms with Crippen molar-refractivity contribution in [2.24, 2.45) is 0 Å². The first-order valence-corrected chi connectivity index (χ1v) is 6.57. The van der Waals surface area contributed by atoms with E-state index in [1.807, 2.05) is 10.7 Å². The largest absolute Gasteiger partial charge is 0.497 e. The molecule has 5 nitrogen and oxygen atoms in total. The van der Waals surface area contributed by atoms with Crippen molar-refractivity contribution in [3.63, 3.8) is 0 Å². The zero-order valence-electron chi connectivity index (χ0n) is 11.2. The number of fused-ring (bicyclic) bond motifs is 1. The molecule has 2 aromatic rings. The van der Waals surface area contributed by atoms with E-state index < -0.39 is 0 Å². The van der Waals surface area contributed by atoms with Crippen molar-refractivity contribution in [2.45, 2.75) is 25.4 Å². The topological polar surface area (TPSA) is 52.0 Å². The van der Waals surface area contributed by atoms with E-state index in [1.54, 1.807) is 19.8 Å². The molecule has 3 rings (SSSR count). The zero-order valence-corrected chi connectivity index (χ0v) is 11.2. The van der Waals surface area contributed by atoms with Crippen LogP contribution in [0.25, 0.3) is 0 Å². The second-order valence-corrected chi connectivity index (χ2v) is 4.75. The lowest BCUT2D eigenvalue weighted by Gasteiger charge is -2.21. The van der Waals surface area contributed by atoms with E-state index in [4.69, 9.17) is 4.74 Å². The molecule has 19 heavy (non-hydrogen) atoms. The van der Waals surface area contributed by atoms with Crippen molar-refractivity contribution in [2.75, 3.05) is 13.7 Å². The van der Waals surface area contributed by atoms with E-state index in [0.717, 1.165) is 18.7 Å². The van der Waals surface area contributed by atoms with Crippen LogP contribution in [-0.2, 0) is 6.42 Å². The quantitative estimate of drug-likeness (QED) is 0.907. The molecule has 1 aliphatic carbocycles. The summed E-state index contributed by atoms with van der Waals surface area (Å²) in [7, 11) is 1.70. The third-order valence-electron chi connectivity index (χ3n) is 3.70. The Morgan fingerprint density at radius 3 is 3.05 bits per heavy atom. The van der Waals surface area contributed by atoms with Crippen LogP contribution in [0.2, 0.25) is 0 Å². The summed E-state index contributed by atoms with van der Waals surface area (Å²) in [6.07, 6.45) is 4.35. The third kappa shape index (κ3) is 2.10. The lowest BCUT2D eigenvalue weighted by molar-refractivity contribution is 0.358. The van der Waals surface area contributed by atoms with E-state index in [0.29, 0.717) is 0 Å². The number of nitrogens with zero attached hydrogens (tertiary/aromatic N) is 3. The van der Waals surface area contributed by atoms with Crippen molar-refractivity contribution in [1.82, 2.24) is 20.1 Å². The molecule has 1 N–H and O–H groups in total. The minimum atomic E-state index is 0.261. The highest BCUT2D eigenvalue weighted by Crippen LogP contribution is 2.40. The maximum Gasteiger partial charge on any atom is 0.137 e. The van der Waals surface area contributed by atoms with Crippen molar-refractivity contribution in [3.05, 3.63) is 42.0 Å². The van der Waals surface area contributed by atoms with E-state index >= 15 is 0 Å². The van der Waals surface area contributed by atoms with Gasteiger partial charge in [-0.15, -0.1) is 0 Å². The summed E-state index contributed by atoms with van der Waals surface area (Å²) in [4.78, 5) is 4.06. The molecule has 1 aromatic carbocycles. The van der Waals surface area contributed by atoms with Gasteiger partial charge in [0.05, 0.1) is 19.2 Å². The van der Waals surface area contributed by atoms with Crippen LogP contribution in [0.3, 0.4) is 0 Å². The molecule has 0 aliphatic heterocycles. The molecule has 0 spiro atoms. The number of methoxy groups -OCH3 is 1. The SMILES string of the molecule is CCNC1c2cc(OC)ccc2CC1n1cncn1. The van der Waals surface area contributed by atoms with Crippen LogP contribution in [0, 0.1) is 0 Å². The second kappa shape index (κ2) is 5.01. The molecule has 5 heteroatoms. The van der Waals surface area contributed by atoms with Gasteiger partial charge in [0.25, 0.3) is 0 Å². The van der Waals surface area contributed by atoms with Crippen LogP contribution in [0.1, 0.15) is 30.1 Å². The Kier molecular flexibility index (Phi) is 3.21. The first kappa shape index (κ1) is 12.2. The van der Waals surface area contributed by atoms with Gasteiger partial charge >= 0.3 is 0 Å². The number of aromatic nitrogens is 3. The van der Waals surface area contributed by atoms with Gasteiger partial charge in [-0.05, 0) is 36.2 Å². The minimum Gasteiger partial charge on any atom is -0.497 e. The highest BCUT2D eigenvalue weighted by atomic mass is 16.5. The minimum absolute atomic E-state index is 0.261. The van der Waals surface area contributed by atoms with Gasteiger partial charge in [0.1, 0.15) is 18.4 Å². The van der Waals surface area contributed by atoms with Crippen LogP contribution in [0.15, 0.2) is 30.9 Å². The normalized spacial score (nSPS) is 21.4. The van der Waals surface area contributed by atoms with E-state index in [-0.39, 0.29) is 12.1 Å². The van der Waals surface area contributed by atoms with Crippen LogP contribution < -0.4 is 10.1 Å². The molecule has 1 aliphatic rings. The molecule has 0 saturated heterocycles. The molecule has 0 fully saturated rings. The van der Waals surface area contributed by atoms with Gasteiger partial charge in [0.2, 0.25) is 0 Å². The van der Waals surface area contributed by atoms with Gasteiger partial charge in [-0.2, -0.15) is 5.10 Å². The van der Waals surface area contributed by atoms with Crippen molar-refractivity contribution in [3.8, 4) is 5.75 Å². The standard InChI is InChI=1S/C14H18N4O/c1-3-16-14-12-7-11(19-2)5-4-10(12)6-13(14)18-9-15-8-17-18/h4-5,7-9,13-14,16H,3,6H2,1-2H3. The number of nitrogens with one attached hydrogen (secondary N) is 1. The molecule has 0 amide bonds. The Labute approximate surface area is 112 Å². The Morgan fingerprint density at radius 1 is 1.47 bits per heavy atom. The summed E-state index contributed by atoms with van der Waals surface area (Å²) in [6, 6.07) is 6.84. The van der Waals surface area contributed by atoms with E-state index in [9.17, 15) is 0 Å². The van der Waals surface area contributed by atoms with Crippen molar-refractivity contribution in [1.29, 1.82) is 0 Å². The fraction of sp³-hybridized carbons (Fsp3) is 0.429. The Morgan fingerprint density at radius 2 is 2.37 bits per heavy atom. The summed E-state index contributed by atoms with van der Waals surface area (Å²) in [5.41, 5.74) is 2.66. The summed E-state index contributed by atoms with van der Waals surface area (Å²) >= 11 is 0. The smallest absolute Gasteiger partial charge is 0.137 e. The number of rotatable bonds is 4. The average Bonchev–Trinajstić information content (AvgIpc) is 3.06. The number of hydrogen-bond acceptors (Lipinski definition) is 4. The Hall–Kier alpha value is -1.88. The first-order valence-electron chi connectivity index (χ1n) is 6.57. The predicted molar refractivity (Wildman–Crippen MR) is 72.2 cm³/mol. The molecular weight excluding hydrogens is 240 g/mol. The monoisotopic (exact) mass is 258 g/mol. The third-order valence-corrected chi connectivity index (χ3v) is 3.70. The average molecular weight is 258 g/mol. The van der Waals surface area contributed by atoms with Crippen molar-refractivity contribution < 1.29 is 4.74 Å². The second-order valence-electron chi connectivity index (χ2n) is 4.75. The molecule has 1 aromatic heterocycles. The first-order chi connectivity index (χ1) is 9.33. The summed E-state index contributed by atoms with van der Waals surface area (Å²) in [5.74, 6) is 0.904. The van der Waals surface area contributed by atoms with Gasteiger partial charge in [-0.3, -0.25) is 0 Å². The molecule has 0 radical (unpaired) electrons. The zero-order chi connectivity index (χ0) is 13.2. The van der Waals surface area contributed by atoms with E-state index in [1.165, 1.54) is 11.1 Å². The molecule has 2 unspecified atom stereocenters. The molecule has 2 atom stereocenters. The summed E-state index contributed by atoms with van der Waals surface area (Å²) in [6.45, 7) is 3.04. The lowest BCUT2D eigenvalue weighted by atomic mass is 10.1. The van der Waals surface area contributed by atoms with Gasteiger partial charge < -0.3 is 10.1 Å². The number of ether oxygens (including phenoxy) is 1. The maximum atomic E-state index is 5.33. The molecular formula is C14H18N4O. The molecule has 100 valence electrons. The van der Waals surface area contributed by atoms with Crippen LogP contribution in [-0.4, -0.2) is 28.4 Å². The van der Waals surface area contributed by atoms with Crippen LogP contribution >= 0.6 is 0 Å². The number of hydrogen-bond donors (Lipinski definition) is 1. The Balaban J connectivity index is 1.98. The molecule has 0 bridgehead atoms. The lowest BCUT2D eigenvalue weighted by Crippen LogP contribution is -2.27. The predicted octanol–water partition coefficient (Wildman–Crippen LogP) is 1.73. The maximum absolute atomic E-state index is 5.33. The van der Waals surface area contributed by atoms with Crippen molar-refractivity contribution >= 4 is 0 Å². The Bertz CT molecular complexity index is 553. The molecule has 0 saturated carbocycles. The summed E-state index contributed by atoms with van der Waals surface area (Å²) in [5, 5.41) is 7.84. The van der Waals surface area contributed by atoms with Gasteiger partial charge in [-0.1, -0.05) is 13.0 Å². The fourth-order valence-corrected chi connectivity index (χ4v) is 2.83. The van der Waals surface area contributed by atoms with Gasteiger partial charge in [0.15, 0.2) is 0 Å².